The van der Waals surface area contributed by atoms with Crippen molar-refractivity contribution in [2.75, 3.05) is 36.5 Å². The number of alkyl carbamates (subject to hydrolysis) is 1. The maximum absolute atomic E-state index is 13.3. The van der Waals surface area contributed by atoms with Crippen LogP contribution in [0.1, 0.15) is 17.0 Å². The lowest BCUT2D eigenvalue weighted by atomic mass is 9.98. The number of amides is 2. The van der Waals surface area contributed by atoms with Gasteiger partial charge in [0.15, 0.2) is 0 Å². The molecule has 1 aliphatic heterocycles. The van der Waals surface area contributed by atoms with Crippen molar-refractivity contribution in [1.29, 1.82) is 0 Å². The van der Waals surface area contributed by atoms with Crippen LogP contribution in [0.5, 0.6) is 0 Å². The number of carbonyl (C=O) groups is 3. The van der Waals surface area contributed by atoms with Gasteiger partial charge < -0.3 is 20.1 Å². The number of hydrogen-bond acceptors (Lipinski definition) is 5. The first-order valence-electron chi connectivity index (χ1n) is 11.4. The third kappa shape index (κ3) is 4.19. The Hall–Kier alpha value is -4.33. The standard InChI is InChI=1S/C27H25N3O5/c1-29-14-22(26(33)30(15-25(31)32)24-13-7-6-12-23(24)29)28-27(34)35-16-21-19-10-4-2-8-17(19)18-9-3-5-11-20(18)21/h2-13,21-22H,14-16H2,1H3,(H,28,34)(H,31,32)/t22-/m0/s1. The number of nitrogens with zero attached hydrogens (tertiary/aromatic N) is 2. The van der Waals surface area contributed by atoms with Crippen LogP contribution in [-0.4, -0.2) is 55.9 Å². The van der Waals surface area contributed by atoms with Crippen LogP contribution in [0.25, 0.3) is 11.1 Å². The lowest BCUT2D eigenvalue weighted by Crippen LogP contribution is -2.52. The van der Waals surface area contributed by atoms with E-state index in [-0.39, 0.29) is 19.1 Å². The summed E-state index contributed by atoms with van der Waals surface area (Å²) in [6.45, 7) is -0.210. The molecule has 5 rings (SSSR count). The highest BCUT2D eigenvalue weighted by Crippen LogP contribution is 2.44. The van der Waals surface area contributed by atoms with E-state index >= 15 is 0 Å². The number of fused-ring (bicyclic) bond motifs is 4. The molecular formula is C27H25N3O5. The molecule has 1 aliphatic carbocycles. The first-order chi connectivity index (χ1) is 16.9. The number of rotatable bonds is 5. The molecule has 35 heavy (non-hydrogen) atoms. The van der Waals surface area contributed by atoms with E-state index in [2.05, 4.69) is 17.4 Å². The van der Waals surface area contributed by atoms with Crippen molar-refractivity contribution in [3.63, 3.8) is 0 Å². The number of nitrogens with one attached hydrogen (secondary N) is 1. The summed E-state index contributed by atoms with van der Waals surface area (Å²) in [7, 11) is 1.79. The molecule has 0 saturated heterocycles. The van der Waals surface area contributed by atoms with Gasteiger partial charge in [-0.1, -0.05) is 60.7 Å². The number of likely N-dealkylation sites (N-methyl/N-ethyl adjacent to an activating group) is 1. The number of carboxylic acid groups (broad SMARTS) is 1. The van der Waals surface area contributed by atoms with E-state index in [0.29, 0.717) is 11.4 Å². The van der Waals surface area contributed by atoms with Crippen LogP contribution in [0.4, 0.5) is 16.2 Å². The predicted octanol–water partition coefficient (Wildman–Crippen LogP) is 3.46. The van der Waals surface area contributed by atoms with Gasteiger partial charge >= 0.3 is 12.1 Å². The maximum Gasteiger partial charge on any atom is 0.407 e. The quantitative estimate of drug-likeness (QED) is 0.591. The van der Waals surface area contributed by atoms with Gasteiger partial charge in [-0.05, 0) is 34.4 Å². The number of aliphatic carboxylic acids is 1. The predicted molar refractivity (Wildman–Crippen MR) is 132 cm³/mol. The average Bonchev–Trinajstić information content (AvgIpc) is 3.14. The summed E-state index contributed by atoms with van der Waals surface area (Å²) >= 11 is 0. The zero-order valence-corrected chi connectivity index (χ0v) is 19.2. The smallest absolute Gasteiger partial charge is 0.407 e. The van der Waals surface area contributed by atoms with Gasteiger partial charge in [0.05, 0.1) is 11.4 Å². The van der Waals surface area contributed by atoms with Crippen LogP contribution >= 0.6 is 0 Å². The summed E-state index contributed by atoms with van der Waals surface area (Å²) in [5.74, 6) is -1.75. The fourth-order valence-corrected chi connectivity index (χ4v) is 4.96. The number of carbonyl (C=O) groups excluding carboxylic acids is 2. The Kier molecular flexibility index (Phi) is 5.86. The van der Waals surface area contributed by atoms with Crippen LogP contribution < -0.4 is 15.1 Å². The Morgan fingerprint density at radius 1 is 0.943 bits per heavy atom. The Morgan fingerprint density at radius 2 is 1.51 bits per heavy atom. The number of anilines is 2. The molecular weight excluding hydrogens is 446 g/mol. The van der Waals surface area contributed by atoms with Gasteiger partial charge in [0.1, 0.15) is 19.2 Å². The van der Waals surface area contributed by atoms with Gasteiger partial charge in [-0.2, -0.15) is 0 Å². The molecule has 0 bridgehead atoms. The molecule has 2 N–H and O–H groups in total. The highest BCUT2D eigenvalue weighted by Gasteiger charge is 2.35. The summed E-state index contributed by atoms with van der Waals surface area (Å²) in [6.07, 6.45) is -0.722. The van der Waals surface area contributed by atoms with E-state index in [0.717, 1.165) is 22.3 Å². The molecule has 3 aromatic carbocycles. The molecule has 2 aliphatic rings. The normalized spacial score (nSPS) is 16.7. The molecule has 0 unspecified atom stereocenters. The van der Waals surface area contributed by atoms with Crippen molar-refractivity contribution < 1.29 is 24.2 Å². The first-order valence-corrected chi connectivity index (χ1v) is 11.4. The fraction of sp³-hybridized carbons (Fsp3) is 0.222. The molecule has 178 valence electrons. The lowest BCUT2D eigenvalue weighted by Gasteiger charge is -2.24. The number of ether oxygens (including phenoxy) is 1. The van der Waals surface area contributed by atoms with E-state index in [9.17, 15) is 19.5 Å². The molecule has 0 aromatic heterocycles. The highest BCUT2D eigenvalue weighted by molar-refractivity contribution is 6.05. The average molecular weight is 472 g/mol. The topological polar surface area (TPSA) is 99.2 Å². The van der Waals surface area contributed by atoms with E-state index in [1.54, 1.807) is 19.2 Å². The van der Waals surface area contributed by atoms with Gasteiger partial charge in [0.2, 0.25) is 0 Å². The molecule has 8 heteroatoms. The SMILES string of the molecule is CN1C[C@H](NC(=O)OCC2c3ccccc3-c3ccccc32)C(=O)N(CC(=O)O)c2ccccc21. The van der Waals surface area contributed by atoms with Crippen molar-refractivity contribution >= 4 is 29.3 Å². The number of benzene rings is 3. The third-order valence-corrected chi connectivity index (χ3v) is 6.53. The van der Waals surface area contributed by atoms with Crippen LogP contribution in [0.2, 0.25) is 0 Å². The van der Waals surface area contributed by atoms with Crippen molar-refractivity contribution in [2.24, 2.45) is 0 Å². The van der Waals surface area contributed by atoms with Crippen LogP contribution in [0, 0.1) is 0 Å². The van der Waals surface area contributed by atoms with Crippen molar-refractivity contribution in [3.05, 3.63) is 83.9 Å². The van der Waals surface area contributed by atoms with E-state index in [1.165, 1.54) is 4.90 Å². The molecule has 2 amide bonds. The molecule has 3 aromatic rings. The van der Waals surface area contributed by atoms with E-state index in [4.69, 9.17) is 4.74 Å². The number of hydrogen-bond donors (Lipinski definition) is 2. The molecule has 0 spiro atoms. The second-order valence-corrected chi connectivity index (χ2v) is 8.71. The molecule has 0 radical (unpaired) electrons. The lowest BCUT2D eigenvalue weighted by molar-refractivity contribution is -0.136. The minimum Gasteiger partial charge on any atom is -0.480 e. The summed E-state index contributed by atoms with van der Waals surface area (Å²) in [5, 5.41) is 12.0. The number of para-hydroxylation sites is 2. The Bertz CT molecular complexity index is 1260. The number of carboxylic acids is 1. The fourth-order valence-electron chi connectivity index (χ4n) is 4.96. The zero-order chi connectivity index (χ0) is 24.5. The van der Waals surface area contributed by atoms with E-state index < -0.39 is 30.6 Å². The third-order valence-electron chi connectivity index (χ3n) is 6.53. The summed E-state index contributed by atoms with van der Waals surface area (Å²) in [6, 6.07) is 22.2. The minimum atomic E-state index is -1.14. The van der Waals surface area contributed by atoms with Gasteiger partial charge in [-0.3, -0.25) is 14.5 Å². The van der Waals surface area contributed by atoms with Crippen LogP contribution in [-0.2, 0) is 14.3 Å². The van der Waals surface area contributed by atoms with Gasteiger partial charge in [-0.25, -0.2) is 4.79 Å². The van der Waals surface area contributed by atoms with Crippen LogP contribution in [0.15, 0.2) is 72.8 Å². The Balaban J connectivity index is 1.32. The summed E-state index contributed by atoms with van der Waals surface area (Å²) in [5.41, 5.74) is 5.63. The van der Waals surface area contributed by atoms with Crippen molar-refractivity contribution in [3.8, 4) is 11.1 Å². The second-order valence-electron chi connectivity index (χ2n) is 8.71. The molecule has 1 heterocycles. The largest absolute Gasteiger partial charge is 0.480 e. The van der Waals surface area contributed by atoms with Crippen molar-refractivity contribution in [1.82, 2.24) is 5.32 Å². The van der Waals surface area contributed by atoms with Crippen LogP contribution in [0.3, 0.4) is 0 Å². The molecule has 0 saturated carbocycles. The van der Waals surface area contributed by atoms with Gasteiger partial charge in [-0.15, -0.1) is 0 Å². The highest BCUT2D eigenvalue weighted by atomic mass is 16.5. The molecule has 0 fully saturated rings. The first kappa shape index (κ1) is 22.5. The maximum atomic E-state index is 13.3. The Labute approximate surface area is 202 Å². The molecule has 1 atom stereocenters. The monoisotopic (exact) mass is 471 g/mol. The second kappa shape index (κ2) is 9.13. The van der Waals surface area contributed by atoms with Gasteiger partial charge in [0, 0.05) is 19.5 Å². The Morgan fingerprint density at radius 3 is 2.14 bits per heavy atom. The van der Waals surface area contributed by atoms with E-state index in [1.807, 2.05) is 53.4 Å². The summed E-state index contributed by atoms with van der Waals surface area (Å²) < 4.78 is 5.60. The summed E-state index contributed by atoms with van der Waals surface area (Å²) in [4.78, 5) is 40.6. The minimum absolute atomic E-state index is 0.103. The molecule has 8 nitrogen and oxygen atoms in total. The zero-order valence-electron chi connectivity index (χ0n) is 19.2. The van der Waals surface area contributed by atoms with Gasteiger partial charge in [0.25, 0.3) is 5.91 Å². The van der Waals surface area contributed by atoms with Crippen molar-refractivity contribution in [2.45, 2.75) is 12.0 Å².